The van der Waals surface area contributed by atoms with E-state index in [9.17, 15) is 9.90 Å². The van der Waals surface area contributed by atoms with E-state index in [1.54, 1.807) is 6.21 Å². The molecular formula is C13H14N2O2. The second-order valence-electron chi connectivity index (χ2n) is 4.52. The van der Waals surface area contributed by atoms with Crippen LogP contribution in [0, 0.1) is 0 Å². The monoisotopic (exact) mass is 230 g/mol. The normalized spacial score (nSPS) is 30.4. The lowest BCUT2D eigenvalue weighted by Gasteiger charge is -2.21. The van der Waals surface area contributed by atoms with Crippen molar-refractivity contribution in [1.29, 1.82) is 0 Å². The Hall–Kier alpha value is -1.55. The number of hydrogen-bond acceptors (Lipinski definition) is 4. The minimum Gasteiger partial charge on any atom is -0.394 e. The molecule has 4 heteroatoms. The van der Waals surface area contributed by atoms with E-state index >= 15 is 0 Å². The molecule has 1 aliphatic carbocycles. The first-order valence-corrected chi connectivity index (χ1v) is 5.96. The van der Waals surface area contributed by atoms with Crippen LogP contribution in [0.4, 0.5) is 0 Å². The first-order valence-electron chi connectivity index (χ1n) is 5.96. The van der Waals surface area contributed by atoms with Crippen molar-refractivity contribution in [1.82, 2.24) is 0 Å². The summed E-state index contributed by atoms with van der Waals surface area (Å²) in [5.41, 5.74) is 4.04. The summed E-state index contributed by atoms with van der Waals surface area (Å²) in [6, 6.07) is -0.629. The van der Waals surface area contributed by atoms with Crippen molar-refractivity contribution in [2.24, 2.45) is 9.98 Å². The molecule has 4 nitrogen and oxygen atoms in total. The lowest BCUT2D eigenvalue weighted by Crippen LogP contribution is -2.28. The molecular weight excluding hydrogens is 216 g/mol. The minimum absolute atomic E-state index is 0.0290. The maximum atomic E-state index is 12.3. The molecule has 1 atom stereocenters. The van der Waals surface area contributed by atoms with Crippen LogP contribution in [-0.4, -0.2) is 42.0 Å². The Morgan fingerprint density at radius 2 is 2.29 bits per heavy atom. The second kappa shape index (κ2) is 4.04. The fourth-order valence-electron chi connectivity index (χ4n) is 2.67. The van der Waals surface area contributed by atoms with Gasteiger partial charge in [-0.15, -0.1) is 0 Å². The fourth-order valence-corrected chi connectivity index (χ4v) is 2.67. The molecule has 17 heavy (non-hydrogen) atoms. The van der Waals surface area contributed by atoms with Crippen molar-refractivity contribution < 1.29 is 9.90 Å². The van der Waals surface area contributed by atoms with Gasteiger partial charge in [0.15, 0.2) is 5.78 Å². The fraction of sp³-hybridized carbons (Fsp3) is 0.462. The van der Waals surface area contributed by atoms with Gasteiger partial charge in [0, 0.05) is 23.1 Å². The molecule has 0 bridgehead atoms. The Balaban J connectivity index is 2.15. The van der Waals surface area contributed by atoms with Gasteiger partial charge in [0.2, 0.25) is 0 Å². The van der Waals surface area contributed by atoms with Crippen LogP contribution in [0.25, 0.3) is 0 Å². The molecule has 1 N–H and O–H groups in total. The minimum atomic E-state index is -0.629. The van der Waals surface area contributed by atoms with E-state index in [-0.39, 0.29) is 12.4 Å². The number of nitrogens with zero attached hydrogens (tertiary/aromatic N) is 2. The van der Waals surface area contributed by atoms with Gasteiger partial charge in [-0.3, -0.25) is 14.8 Å². The number of aliphatic hydroxyl groups is 1. The number of rotatable bonds is 1. The molecule has 0 saturated heterocycles. The van der Waals surface area contributed by atoms with Crippen LogP contribution in [-0.2, 0) is 4.79 Å². The second-order valence-corrected chi connectivity index (χ2v) is 4.52. The standard InChI is InChI=1S/C13H14N2O2/c16-7-11-13(17)9-2-1-3-10-12(9)8(6-15-10)4-5-14-11/h4-5,11,16H,1-3,6-7H2/b8-4-,14-5?. The highest BCUT2D eigenvalue weighted by atomic mass is 16.3. The smallest absolute Gasteiger partial charge is 0.186 e. The first kappa shape index (κ1) is 10.6. The van der Waals surface area contributed by atoms with Crippen LogP contribution in [0.15, 0.2) is 32.8 Å². The molecule has 0 fully saturated rings. The zero-order chi connectivity index (χ0) is 11.8. The summed E-state index contributed by atoms with van der Waals surface area (Å²) in [5.74, 6) is -0.0290. The lowest BCUT2D eigenvalue weighted by atomic mass is 9.83. The van der Waals surface area contributed by atoms with Gasteiger partial charge in [-0.05, 0) is 30.9 Å². The van der Waals surface area contributed by atoms with Crippen molar-refractivity contribution in [3.05, 3.63) is 22.8 Å². The van der Waals surface area contributed by atoms with E-state index < -0.39 is 6.04 Å². The summed E-state index contributed by atoms with van der Waals surface area (Å²) >= 11 is 0. The maximum absolute atomic E-state index is 12.3. The molecule has 0 aromatic rings. The SMILES string of the molecule is O=C1C2=C3C(=NC/C3=C/C=NC1CO)CCC2. The number of allylic oxidation sites excluding steroid dienone is 1. The summed E-state index contributed by atoms with van der Waals surface area (Å²) in [6.07, 6.45) is 6.27. The Morgan fingerprint density at radius 1 is 1.41 bits per heavy atom. The number of aliphatic hydroxyl groups excluding tert-OH is 1. The van der Waals surface area contributed by atoms with Gasteiger partial charge >= 0.3 is 0 Å². The summed E-state index contributed by atoms with van der Waals surface area (Å²) in [5, 5.41) is 9.21. The van der Waals surface area contributed by atoms with E-state index in [1.165, 1.54) is 0 Å². The molecule has 0 aromatic heterocycles. The zero-order valence-electron chi connectivity index (χ0n) is 9.52. The molecule has 0 aromatic carbocycles. The van der Waals surface area contributed by atoms with Crippen LogP contribution >= 0.6 is 0 Å². The van der Waals surface area contributed by atoms with Crippen LogP contribution in [0.2, 0.25) is 0 Å². The van der Waals surface area contributed by atoms with Gasteiger partial charge in [0.25, 0.3) is 0 Å². The van der Waals surface area contributed by atoms with Crippen molar-refractivity contribution in [3.63, 3.8) is 0 Å². The summed E-state index contributed by atoms with van der Waals surface area (Å²) < 4.78 is 0. The highest BCUT2D eigenvalue weighted by Crippen LogP contribution is 2.34. The number of hydrogen-bond donors (Lipinski definition) is 1. The average molecular weight is 230 g/mol. The number of ketones is 1. The third-order valence-electron chi connectivity index (χ3n) is 3.51. The molecule has 0 radical (unpaired) electrons. The van der Waals surface area contributed by atoms with Gasteiger partial charge in [0.1, 0.15) is 6.04 Å². The number of aliphatic imine (C=N–C) groups is 2. The third kappa shape index (κ3) is 1.60. The van der Waals surface area contributed by atoms with Gasteiger partial charge in [-0.1, -0.05) is 0 Å². The molecule has 88 valence electrons. The van der Waals surface area contributed by atoms with E-state index in [1.807, 2.05) is 6.08 Å². The quantitative estimate of drug-likeness (QED) is 0.726. The summed E-state index contributed by atoms with van der Waals surface area (Å²) in [4.78, 5) is 20.9. The molecule has 0 spiro atoms. The number of carbonyl (C=O) groups excluding carboxylic acids is 1. The number of Topliss-reactive ketones (excluding diaryl/α,β-unsaturated/α-hetero) is 1. The largest absolute Gasteiger partial charge is 0.394 e. The zero-order valence-corrected chi connectivity index (χ0v) is 9.52. The molecule has 3 aliphatic rings. The maximum Gasteiger partial charge on any atom is 0.186 e. The topological polar surface area (TPSA) is 62.0 Å². The van der Waals surface area contributed by atoms with Crippen LogP contribution in [0.5, 0.6) is 0 Å². The Morgan fingerprint density at radius 3 is 3.12 bits per heavy atom. The lowest BCUT2D eigenvalue weighted by molar-refractivity contribution is -0.117. The summed E-state index contributed by atoms with van der Waals surface area (Å²) in [7, 11) is 0. The van der Waals surface area contributed by atoms with Crippen molar-refractivity contribution in [3.8, 4) is 0 Å². The number of carbonyl (C=O) groups is 1. The van der Waals surface area contributed by atoms with E-state index in [0.717, 1.165) is 41.7 Å². The van der Waals surface area contributed by atoms with Crippen LogP contribution in [0.1, 0.15) is 19.3 Å². The van der Waals surface area contributed by atoms with E-state index in [0.29, 0.717) is 6.54 Å². The van der Waals surface area contributed by atoms with Crippen molar-refractivity contribution in [2.45, 2.75) is 25.3 Å². The Labute approximate surface area is 99.5 Å². The van der Waals surface area contributed by atoms with Gasteiger partial charge in [0.05, 0.1) is 13.2 Å². The highest BCUT2D eigenvalue weighted by Gasteiger charge is 2.32. The van der Waals surface area contributed by atoms with Crippen LogP contribution < -0.4 is 0 Å². The van der Waals surface area contributed by atoms with Crippen molar-refractivity contribution >= 4 is 17.7 Å². The Bertz CT molecular complexity index is 498. The van der Waals surface area contributed by atoms with E-state index in [4.69, 9.17) is 0 Å². The van der Waals surface area contributed by atoms with Gasteiger partial charge in [-0.2, -0.15) is 0 Å². The van der Waals surface area contributed by atoms with Crippen molar-refractivity contribution in [2.75, 3.05) is 13.2 Å². The molecule has 2 aliphatic heterocycles. The van der Waals surface area contributed by atoms with E-state index in [2.05, 4.69) is 9.98 Å². The molecule has 3 rings (SSSR count). The molecule has 1 unspecified atom stereocenters. The predicted octanol–water partition coefficient (Wildman–Crippen LogP) is 0.862. The molecule has 0 saturated carbocycles. The van der Waals surface area contributed by atoms with Gasteiger partial charge in [-0.25, -0.2) is 0 Å². The summed E-state index contributed by atoms with van der Waals surface area (Å²) in [6.45, 7) is 0.443. The van der Waals surface area contributed by atoms with Crippen LogP contribution in [0.3, 0.4) is 0 Å². The third-order valence-corrected chi connectivity index (χ3v) is 3.51. The highest BCUT2D eigenvalue weighted by molar-refractivity contribution is 6.16. The molecule has 2 heterocycles. The molecule has 0 amide bonds. The first-order chi connectivity index (χ1) is 8.31. The predicted molar refractivity (Wildman–Crippen MR) is 65.6 cm³/mol. The average Bonchev–Trinajstić information content (AvgIpc) is 2.75. The Kier molecular flexibility index (Phi) is 2.52. The van der Waals surface area contributed by atoms with Gasteiger partial charge < -0.3 is 5.11 Å².